The Labute approximate surface area is 146 Å². The highest BCUT2D eigenvalue weighted by molar-refractivity contribution is 7.15. The number of nitrogens with zero attached hydrogens (tertiary/aromatic N) is 2. The Balaban J connectivity index is 0.00000208. The molecule has 2 heterocycles. The largest absolute Gasteiger partial charge is 0.416 e. The molecule has 24 heavy (non-hydrogen) atoms. The number of alkyl halides is 4. The van der Waals surface area contributed by atoms with Gasteiger partial charge >= 0.3 is 6.18 Å². The van der Waals surface area contributed by atoms with Crippen LogP contribution in [0.4, 0.5) is 22.7 Å². The second-order valence-electron chi connectivity index (χ2n) is 5.67. The lowest BCUT2D eigenvalue weighted by molar-refractivity contribution is -0.137. The minimum atomic E-state index is -4.47. The summed E-state index contributed by atoms with van der Waals surface area (Å²) < 4.78 is 53.5. The number of likely N-dealkylation sites (tertiary alicyclic amines) is 1. The van der Waals surface area contributed by atoms with Crippen molar-refractivity contribution in [2.75, 3.05) is 18.8 Å². The van der Waals surface area contributed by atoms with Gasteiger partial charge in [0.05, 0.1) is 5.56 Å². The number of rotatable bonds is 3. The molecule has 0 radical (unpaired) electrons. The van der Waals surface area contributed by atoms with Gasteiger partial charge in [-0.1, -0.05) is 12.1 Å². The Morgan fingerprint density at radius 1 is 1.33 bits per heavy atom. The molecule has 1 atom stereocenters. The molecule has 0 bridgehead atoms. The van der Waals surface area contributed by atoms with Gasteiger partial charge in [-0.3, -0.25) is 4.90 Å². The van der Waals surface area contributed by atoms with Gasteiger partial charge in [0.15, 0.2) is 5.13 Å². The zero-order chi connectivity index (χ0) is 16.7. The van der Waals surface area contributed by atoms with Crippen LogP contribution in [0.1, 0.15) is 22.4 Å². The van der Waals surface area contributed by atoms with E-state index in [1.54, 1.807) is 6.20 Å². The Kier molecular flexibility index (Phi) is 5.41. The zero-order valence-corrected chi connectivity index (χ0v) is 14.1. The van der Waals surface area contributed by atoms with Gasteiger partial charge in [-0.15, -0.1) is 23.7 Å². The molecule has 1 aromatic heterocycles. The van der Waals surface area contributed by atoms with Gasteiger partial charge in [0, 0.05) is 30.7 Å². The van der Waals surface area contributed by atoms with Gasteiger partial charge < -0.3 is 5.73 Å². The van der Waals surface area contributed by atoms with Crippen LogP contribution in [0, 0.1) is 0 Å². The van der Waals surface area contributed by atoms with Crippen molar-refractivity contribution in [2.24, 2.45) is 0 Å². The minimum absolute atomic E-state index is 0. The van der Waals surface area contributed by atoms with Gasteiger partial charge in [0.25, 0.3) is 0 Å². The van der Waals surface area contributed by atoms with Crippen LogP contribution in [-0.4, -0.2) is 23.0 Å². The highest BCUT2D eigenvalue weighted by Gasteiger charge is 2.41. The van der Waals surface area contributed by atoms with E-state index < -0.39 is 17.4 Å². The molecule has 0 aliphatic carbocycles. The molecule has 1 saturated heterocycles. The van der Waals surface area contributed by atoms with Crippen LogP contribution in [0.3, 0.4) is 0 Å². The topological polar surface area (TPSA) is 42.1 Å². The summed E-state index contributed by atoms with van der Waals surface area (Å²) in [5.41, 5.74) is 3.06. The van der Waals surface area contributed by atoms with E-state index in [1.165, 1.54) is 23.5 Å². The monoisotopic (exact) mass is 381 g/mol. The molecule has 0 saturated carbocycles. The van der Waals surface area contributed by atoms with Crippen LogP contribution >= 0.6 is 23.7 Å². The maximum Gasteiger partial charge on any atom is 0.416 e. The molecule has 3 nitrogen and oxygen atoms in total. The Morgan fingerprint density at radius 2 is 2.08 bits per heavy atom. The summed E-state index contributed by atoms with van der Waals surface area (Å²) in [6, 6.07) is 4.54. The first-order valence-electron chi connectivity index (χ1n) is 7.05. The van der Waals surface area contributed by atoms with Crippen molar-refractivity contribution in [1.82, 2.24) is 9.88 Å². The molecule has 3 rings (SSSR count). The quantitative estimate of drug-likeness (QED) is 0.809. The van der Waals surface area contributed by atoms with E-state index in [2.05, 4.69) is 4.98 Å². The van der Waals surface area contributed by atoms with Crippen molar-refractivity contribution < 1.29 is 17.6 Å². The van der Waals surface area contributed by atoms with E-state index in [9.17, 15) is 13.2 Å². The predicted molar refractivity (Wildman–Crippen MR) is 87.9 cm³/mol. The van der Waals surface area contributed by atoms with Gasteiger partial charge in [0.2, 0.25) is 0 Å². The van der Waals surface area contributed by atoms with Gasteiger partial charge in [-0.25, -0.2) is 9.37 Å². The molecular weight excluding hydrogens is 366 g/mol. The second kappa shape index (κ2) is 6.85. The van der Waals surface area contributed by atoms with Crippen LogP contribution in [0.2, 0.25) is 0 Å². The standard InChI is InChI=1S/C15H15F4N3S.ClH/c16-14(10-2-1-3-11(6-10)15(17,18)19)4-5-22(9-14)8-12-7-21-13(20)23-12;/h1-3,6-7H,4-5,8-9H2,(H2,20,21);1H. The number of nitrogen functional groups attached to an aromatic ring is 1. The van der Waals surface area contributed by atoms with E-state index in [0.717, 1.165) is 17.0 Å². The Bertz CT molecular complexity index is 706. The third-order valence-electron chi connectivity index (χ3n) is 3.96. The van der Waals surface area contributed by atoms with Crippen LogP contribution in [0.5, 0.6) is 0 Å². The van der Waals surface area contributed by atoms with E-state index in [1.807, 2.05) is 4.90 Å². The predicted octanol–water partition coefficient (Wildman–Crippen LogP) is 4.24. The molecule has 0 spiro atoms. The fraction of sp³-hybridized carbons (Fsp3) is 0.400. The van der Waals surface area contributed by atoms with Crippen molar-refractivity contribution in [3.63, 3.8) is 0 Å². The first-order valence-corrected chi connectivity index (χ1v) is 7.87. The van der Waals surface area contributed by atoms with Gasteiger partial charge in [-0.05, 0) is 24.1 Å². The third-order valence-corrected chi connectivity index (χ3v) is 4.77. The molecule has 1 unspecified atom stereocenters. The fourth-order valence-electron chi connectivity index (χ4n) is 2.81. The molecule has 1 fully saturated rings. The SMILES string of the molecule is Cl.Nc1ncc(CN2CCC(F)(c3cccc(C(F)(F)F)c3)C2)s1. The number of benzene rings is 1. The first-order chi connectivity index (χ1) is 10.8. The fourth-order valence-corrected chi connectivity index (χ4v) is 3.54. The lowest BCUT2D eigenvalue weighted by Crippen LogP contribution is -2.27. The van der Waals surface area contributed by atoms with Crippen molar-refractivity contribution in [1.29, 1.82) is 0 Å². The zero-order valence-electron chi connectivity index (χ0n) is 12.5. The van der Waals surface area contributed by atoms with Crippen LogP contribution in [0.25, 0.3) is 0 Å². The highest BCUT2D eigenvalue weighted by atomic mass is 35.5. The van der Waals surface area contributed by atoms with E-state index in [0.29, 0.717) is 18.2 Å². The third kappa shape index (κ3) is 3.99. The van der Waals surface area contributed by atoms with E-state index in [4.69, 9.17) is 5.73 Å². The first kappa shape index (κ1) is 19.0. The summed E-state index contributed by atoms with van der Waals surface area (Å²) in [5, 5.41) is 0.448. The molecule has 1 aromatic carbocycles. The minimum Gasteiger partial charge on any atom is -0.375 e. The number of nitrogens with two attached hydrogens (primary N) is 1. The molecule has 1 aliphatic heterocycles. The molecule has 2 aromatic rings. The van der Waals surface area contributed by atoms with Gasteiger partial charge in [-0.2, -0.15) is 13.2 Å². The van der Waals surface area contributed by atoms with E-state index >= 15 is 4.39 Å². The number of hydrogen-bond donors (Lipinski definition) is 1. The average molecular weight is 382 g/mol. The Morgan fingerprint density at radius 3 is 2.71 bits per heavy atom. The second-order valence-corrected chi connectivity index (χ2v) is 6.82. The Hall–Kier alpha value is -1.38. The van der Waals surface area contributed by atoms with E-state index in [-0.39, 0.29) is 30.9 Å². The van der Waals surface area contributed by atoms with Crippen molar-refractivity contribution >= 4 is 28.9 Å². The summed E-state index contributed by atoms with van der Waals surface area (Å²) in [5.74, 6) is 0. The summed E-state index contributed by atoms with van der Waals surface area (Å²) in [7, 11) is 0. The van der Waals surface area contributed by atoms with Crippen molar-refractivity contribution in [3.8, 4) is 0 Å². The number of anilines is 1. The normalized spacial score (nSPS) is 21.7. The van der Waals surface area contributed by atoms with Crippen LogP contribution in [0.15, 0.2) is 30.5 Å². The summed E-state index contributed by atoms with van der Waals surface area (Å²) in [4.78, 5) is 6.72. The van der Waals surface area contributed by atoms with Crippen molar-refractivity contribution in [2.45, 2.75) is 24.8 Å². The highest BCUT2D eigenvalue weighted by Crippen LogP contribution is 2.39. The van der Waals surface area contributed by atoms with Crippen LogP contribution < -0.4 is 5.73 Å². The maximum atomic E-state index is 15.1. The number of hydrogen-bond acceptors (Lipinski definition) is 4. The molecule has 0 amide bonds. The lowest BCUT2D eigenvalue weighted by Gasteiger charge is -2.22. The lowest BCUT2D eigenvalue weighted by atomic mass is 9.93. The van der Waals surface area contributed by atoms with Gasteiger partial charge in [0.1, 0.15) is 5.67 Å². The average Bonchev–Trinajstić information content (AvgIpc) is 3.06. The van der Waals surface area contributed by atoms with Crippen LogP contribution in [-0.2, 0) is 18.4 Å². The smallest absolute Gasteiger partial charge is 0.375 e. The molecule has 9 heteroatoms. The number of aromatic nitrogens is 1. The number of thiazole rings is 1. The molecule has 2 N–H and O–H groups in total. The molecular formula is C15H16ClF4N3S. The summed E-state index contributed by atoms with van der Waals surface area (Å²) in [6.07, 6.45) is -2.66. The number of halogens is 5. The van der Waals surface area contributed by atoms with Crippen molar-refractivity contribution in [3.05, 3.63) is 46.5 Å². The maximum absolute atomic E-state index is 15.1. The molecule has 1 aliphatic rings. The summed E-state index contributed by atoms with van der Waals surface area (Å²) in [6.45, 7) is 1.04. The molecule has 132 valence electrons. The summed E-state index contributed by atoms with van der Waals surface area (Å²) >= 11 is 1.33.